The first kappa shape index (κ1) is 8.21. The Morgan fingerprint density at radius 1 is 1.38 bits per heavy atom. The second-order valence-electron chi connectivity index (χ2n) is 2.70. The van der Waals surface area contributed by atoms with Crippen molar-refractivity contribution in [2.45, 2.75) is 0 Å². The maximum absolute atomic E-state index is 12.9. The van der Waals surface area contributed by atoms with E-state index in [2.05, 4.69) is 10.2 Å². The van der Waals surface area contributed by atoms with Crippen LogP contribution in [0.3, 0.4) is 0 Å². The molecule has 0 aliphatic rings. The van der Waals surface area contributed by atoms with Crippen LogP contribution >= 0.6 is 0 Å². The van der Waals surface area contributed by atoms with Gasteiger partial charge >= 0.3 is 7.12 Å². The van der Waals surface area contributed by atoms with Gasteiger partial charge < -0.3 is 10.0 Å². The summed E-state index contributed by atoms with van der Waals surface area (Å²) in [5.41, 5.74) is 0.562. The van der Waals surface area contributed by atoms with Crippen LogP contribution in [-0.2, 0) is 0 Å². The van der Waals surface area contributed by atoms with Crippen LogP contribution in [0.2, 0.25) is 0 Å². The lowest BCUT2D eigenvalue weighted by Gasteiger charge is -2.00. The molecule has 0 atom stereocenters. The minimum absolute atomic E-state index is 0.115. The quantitative estimate of drug-likeness (QED) is 0.512. The largest absolute Gasteiger partial charge is 0.489 e. The van der Waals surface area contributed by atoms with Crippen LogP contribution in [0.1, 0.15) is 0 Å². The molecule has 13 heavy (non-hydrogen) atoms. The minimum Gasteiger partial charge on any atom is -0.423 e. The van der Waals surface area contributed by atoms with E-state index in [1.54, 1.807) is 0 Å². The Morgan fingerprint density at radius 3 is 2.85 bits per heavy atom. The van der Waals surface area contributed by atoms with E-state index in [9.17, 15) is 4.39 Å². The normalized spacial score (nSPS) is 10.7. The molecular weight excluding hydrogens is 174 g/mol. The van der Waals surface area contributed by atoms with Gasteiger partial charge in [0.15, 0.2) is 0 Å². The minimum atomic E-state index is -1.68. The third-order valence-corrected chi connectivity index (χ3v) is 1.83. The molecule has 0 bridgehead atoms. The van der Waals surface area contributed by atoms with Gasteiger partial charge in [-0.2, -0.15) is 5.10 Å². The van der Waals surface area contributed by atoms with E-state index >= 15 is 0 Å². The summed E-state index contributed by atoms with van der Waals surface area (Å²) in [4.78, 5) is 0. The Balaban J connectivity index is 2.77. The van der Waals surface area contributed by atoms with Crippen LogP contribution in [0.15, 0.2) is 18.3 Å². The monoisotopic (exact) mass is 180 g/mol. The molecule has 0 aliphatic heterocycles. The maximum atomic E-state index is 12.9. The summed E-state index contributed by atoms with van der Waals surface area (Å²) in [6, 6.07) is 2.32. The molecule has 66 valence electrons. The van der Waals surface area contributed by atoms with Gasteiger partial charge in [0.1, 0.15) is 5.82 Å². The number of aromatic amines is 1. The van der Waals surface area contributed by atoms with Gasteiger partial charge in [0.25, 0.3) is 0 Å². The van der Waals surface area contributed by atoms with Gasteiger partial charge in [0.2, 0.25) is 0 Å². The lowest BCUT2D eigenvalue weighted by Crippen LogP contribution is -2.30. The summed E-state index contributed by atoms with van der Waals surface area (Å²) in [5.74, 6) is -0.528. The van der Waals surface area contributed by atoms with E-state index in [-0.39, 0.29) is 5.46 Å². The van der Waals surface area contributed by atoms with E-state index in [1.807, 2.05) is 0 Å². The topological polar surface area (TPSA) is 69.1 Å². The summed E-state index contributed by atoms with van der Waals surface area (Å²) in [6.07, 6.45) is 1.42. The number of aromatic nitrogens is 2. The predicted molar refractivity (Wildman–Crippen MR) is 45.9 cm³/mol. The van der Waals surface area contributed by atoms with Crippen LogP contribution in [0.4, 0.5) is 4.39 Å². The van der Waals surface area contributed by atoms with Crippen molar-refractivity contribution >= 4 is 23.5 Å². The van der Waals surface area contributed by atoms with E-state index in [4.69, 9.17) is 10.0 Å². The summed E-state index contributed by atoms with van der Waals surface area (Å²) in [5, 5.41) is 24.5. The molecule has 2 rings (SSSR count). The molecule has 0 saturated heterocycles. The summed E-state index contributed by atoms with van der Waals surface area (Å²) in [7, 11) is -1.68. The lowest BCUT2D eigenvalue weighted by molar-refractivity contribution is 0.426. The van der Waals surface area contributed by atoms with Crippen molar-refractivity contribution in [1.82, 2.24) is 10.2 Å². The van der Waals surface area contributed by atoms with Crippen molar-refractivity contribution in [1.29, 1.82) is 0 Å². The van der Waals surface area contributed by atoms with Gasteiger partial charge in [0.05, 0.1) is 11.7 Å². The first-order valence-corrected chi connectivity index (χ1v) is 3.67. The fourth-order valence-corrected chi connectivity index (χ4v) is 1.26. The first-order chi connectivity index (χ1) is 6.18. The molecule has 0 saturated carbocycles. The summed E-state index contributed by atoms with van der Waals surface area (Å²) < 4.78 is 12.9. The fraction of sp³-hybridized carbons (Fsp3) is 0. The smallest absolute Gasteiger partial charge is 0.423 e. The first-order valence-electron chi connectivity index (χ1n) is 3.67. The van der Waals surface area contributed by atoms with E-state index in [0.29, 0.717) is 10.9 Å². The average Bonchev–Trinajstić information content (AvgIpc) is 2.49. The summed E-state index contributed by atoms with van der Waals surface area (Å²) in [6.45, 7) is 0. The molecule has 6 heteroatoms. The van der Waals surface area contributed by atoms with Crippen molar-refractivity contribution in [3.63, 3.8) is 0 Å². The number of nitrogens with one attached hydrogen (secondary N) is 1. The number of fused-ring (bicyclic) bond motifs is 1. The molecule has 0 unspecified atom stereocenters. The number of nitrogens with zero attached hydrogens (tertiary/aromatic N) is 1. The number of hydrogen-bond acceptors (Lipinski definition) is 3. The van der Waals surface area contributed by atoms with Crippen LogP contribution in [-0.4, -0.2) is 27.4 Å². The third-order valence-electron chi connectivity index (χ3n) is 1.83. The Bertz CT molecular complexity index is 443. The van der Waals surface area contributed by atoms with Crippen LogP contribution in [0.5, 0.6) is 0 Å². The van der Waals surface area contributed by atoms with Gasteiger partial charge in [-0.1, -0.05) is 0 Å². The number of hydrogen-bond donors (Lipinski definition) is 3. The van der Waals surface area contributed by atoms with Crippen molar-refractivity contribution < 1.29 is 14.4 Å². The van der Waals surface area contributed by atoms with Crippen LogP contribution < -0.4 is 5.46 Å². The molecule has 0 amide bonds. The molecule has 0 fully saturated rings. The highest BCUT2D eigenvalue weighted by molar-refractivity contribution is 6.61. The molecular formula is C7H6BFN2O2. The zero-order valence-electron chi connectivity index (χ0n) is 6.53. The molecule has 4 nitrogen and oxygen atoms in total. The van der Waals surface area contributed by atoms with E-state index in [0.717, 1.165) is 6.07 Å². The molecule has 2 aromatic rings. The number of H-pyrrole nitrogens is 1. The van der Waals surface area contributed by atoms with Gasteiger partial charge in [0, 0.05) is 5.39 Å². The van der Waals surface area contributed by atoms with Gasteiger partial charge in [-0.3, -0.25) is 5.10 Å². The van der Waals surface area contributed by atoms with Crippen LogP contribution in [0.25, 0.3) is 10.9 Å². The molecule has 1 aromatic carbocycles. The van der Waals surface area contributed by atoms with Crippen molar-refractivity contribution in [2.75, 3.05) is 0 Å². The number of benzene rings is 1. The highest BCUT2D eigenvalue weighted by Crippen LogP contribution is 2.09. The van der Waals surface area contributed by atoms with Crippen LogP contribution in [0, 0.1) is 5.82 Å². The Morgan fingerprint density at radius 2 is 2.15 bits per heavy atom. The SMILES string of the molecule is OB(O)c1cc(F)cc2[nH]ncc12. The second-order valence-corrected chi connectivity index (χ2v) is 2.70. The highest BCUT2D eigenvalue weighted by Gasteiger charge is 2.16. The zero-order chi connectivity index (χ0) is 9.42. The number of rotatable bonds is 1. The molecule has 1 aromatic heterocycles. The Kier molecular flexibility index (Phi) is 1.79. The Hall–Kier alpha value is -1.40. The summed E-state index contributed by atoms with van der Waals surface area (Å²) >= 11 is 0. The second kappa shape index (κ2) is 2.83. The highest BCUT2D eigenvalue weighted by atomic mass is 19.1. The molecule has 1 heterocycles. The molecule has 0 aliphatic carbocycles. The maximum Gasteiger partial charge on any atom is 0.489 e. The molecule has 0 spiro atoms. The van der Waals surface area contributed by atoms with Gasteiger partial charge in [-0.25, -0.2) is 4.39 Å². The lowest BCUT2D eigenvalue weighted by atomic mass is 9.78. The van der Waals surface area contributed by atoms with Crippen molar-refractivity contribution in [3.05, 3.63) is 24.1 Å². The predicted octanol–water partition coefficient (Wildman–Crippen LogP) is -0.618. The number of halogens is 1. The van der Waals surface area contributed by atoms with E-state index in [1.165, 1.54) is 12.3 Å². The molecule has 3 N–H and O–H groups in total. The van der Waals surface area contributed by atoms with Crippen molar-refractivity contribution in [2.24, 2.45) is 0 Å². The van der Waals surface area contributed by atoms with Crippen molar-refractivity contribution in [3.8, 4) is 0 Å². The third kappa shape index (κ3) is 1.30. The average molecular weight is 180 g/mol. The standard InChI is InChI=1S/C7H6BFN2O2/c9-4-1-6(8(12)13)5-3-10-11-7(5)2-4/h1-3,12-13H,(H,10,11). The van der Waals surface area contributed by atoms with Gasteiger partial charge in [-0.05, 0) is 17.6 Å². The fourth-order valence-electron chi connectivity index (χ4n) is 1.26. The Labute approximate surface area is 73.2 Å². The zero-order valence-corrected chi connectivity index (χ0v) is 6.53. The van der Waals surface area contributed by atoms with E-state index < -0.39 is 12.9 Å². The van der Waals surface area contributed by atoms with Gasteiger partial charge in [-0.15, -0.1) is 0 Å². The molecule has 0 radical (unpaired) electrons.